The van der Waals surface area contributed by atoms with Gasteiger partial charge in [0.1, 0.15) is 0 Å². The van der Waals surface area contributed by atoms with E-state index in [0.717, 1.165) is 94.6 Å². The zero-order valence-corrected chi connectivity index (χ0v) is 32.7. The lowest BCUT2D eigenvalue weighted by molar-refractivity contribution is 0.643. The average Bonchev–Trinajstić information content (AvgIpc) is 4.15. The van der Waals surface area contributed by atoms with Gasteiger partial charge in [-0.15, -0.1) is 0 Å². The Balaban J connectivity index is 0.832. The Hall–Kier alpha value is -8.43. The molecule has 6 aromatic heterocycles. The van der Waals surface area contributed by atoms with Crippen LogP contribution in [0.15, 0.2) is 180 Å². The number of para-hydroxylation sites is 6. The first kappa shape index (κ1) is 32.5. The molecule has 286 valence electrons. The molecule has 0 aliphatic carbocycles. The minimum absolute atomic E-state index is 0.585. The third-order valence-corrected chi connectivity index (χ3v) is 12.6. The number of rotatable bonds is 4. The summed E-state index contributed by atoms with van der Waals surface area (Å²) in [5.74, 6) is 2.39. The number of nitrogens with zero attached hydrogens (tertiary/aromatic N) is 8. The van der Waals surface area contributed by atoms with Crippen LogP contribution in [0.4, 0.5) is 0 Å². The van der Waals surface area contributed by atoms with Crippen molar-refractivity contribution in [3.63, 3.8) is 0 Å². The summed E-state index contributed by atoms with van der Waals surface area (Å²) in [6, 6.07) is 62.3. The highest BCUT2D eigenvalue weighted by Gasteiger charge is 2.20. The highest BCUT2D eigenvalue weighted by molar-refractivity contribution is 5.96. The van der Waals surface area contributed by atoms with E-state index in [9.17, 15) is 0 Å². The molecule has 0 saturated carbocycles. The van der Waals surface area contributed by atoms with E-state index < -0.39 is 0 Å². The maximum atomic E-state index is 6.11. The molecule has 0 N–H and O–H groups in total. The van der Waals surface area contributed by atoms with Crippen LogP contribution in [0.1, 0.15) is 0 Å². The summed E-state index contributed by atoms with van der Waals surface area (Å²) in [5.41, 5.74) is 20.3. The van der Waals surface area contributed by atoms with Crippen molar-refractivity contribution in [2.75, 3.05) is 0 Å². The maximum absolute atomic E-state index is 6.11. The Morgan fingerprint density at radius 3 is 1.54 bits per heavy atom. The molecule has 0 atom stereocenters. The van der Waals surface area contributed by atoms with Gasteiger partial charge in [-0.25, -0.2) is 9.97 Å². The minimum Gasteiger partial charge on any atom is -0.423 e. The fraction of sp³-hybridized carbons (Fsp3) is 0.0192. The molecular weight excluding hydrogens is 753 g/mol. The van der Waals surface area contributed by atoms with Gasteiger partial charge in [0.25, 0.3) is 0 Å². The zero-order valence-electron chi connectivity index (χ0n) is 32.7. The van der Waals surface area contributed by atoms with Gasteiger partial charge in [-0.3, -0.25) is 17.8 Å². The molecule has 9 nitrogen and oxygen atoms in total. The van der Waals surface area contributed by atoms with Crippen molar-refractivity contribution in [3.8, 4) is 39.1 Å². The van der Waals surface area contributed by atoms with Crippen LogP contribution in [0.3, 0.4) is 0 Å². The topological polar surface area (TPSA) is 74.9 Å². The van der Waals surface area contributed by atoms with Gasteiger partial charge < -0.3 is 8.98 Å². The Morgan fingerprint density at radius 1 is 0.361 bits per heavy atom. The van der Waals surface area contributed by atoms with Crippen molar-refractivity contribution in [3.05, 3.63) is 176 Å². The predicted octanol–water partition coefficient (Wildman–Crippen LogP) is 12.3. The number of hydrogen-bond acceptors (Lipinski definition) is 4. The summed E-state index contributed by atoms with van der Waals surface area (Å²) in [5, 5.41) is 0. The van der Waals surface area contributed by atoms with E-state index in [0.29, 0.717) is 5.84 Å². The number of aromatic nitrogens is 8. The zero-order chi connectivity index (χ0) is 39.9. The van der Waals surface area contributed by atoms with Crippen LogP contribution in [0.5, 0.6) is 0 Å². The molecule has 9 heteroatoms. The van der Waals surface area contributed by atoms with Crippen LogP contribution >= 0.6 is 0 Å². The molecule has 0 fully saturated rings. The van der Waals surface area contributed by atoms with Crippen molar-refractivity contribution in [2.45, 2.75) is 0 Å². The Kier molecular flexibility index (Phi) is 6.31. The molecule has 0 spiro atoms. The first-order valence-electron chi connectivity index (χ1n) is 20.4. The van der Waals surface area contributed by atoms with Crippen molar-refractivity contribution in [2.24, 2.45) is 7.05 Å². The lowest BCUT2D eigenvalue weighted by atomic mass is 9.98. The van der Waals surface area contributed by atoms with Gasteiger partial charge >= 0.3 is 5.84 Å². The molecular formula is C52H32N8O. The van der Waals surface area contributed by atoms with E-state index in [1.165, 1.54) is 22.3 Å². The van der Waals surface area contributed by atoms with Gasteiger partial charge in [0.2, 0.25) is 11.6 Å². The molecule has 0 amide bonds. The fourth-order valence-electron chi connectivity index (χ4n) is 9.60. The largest absolute Gasteiger partial charge is 0.423 e. The Labute approximate surface area is 346 Å². The van der Waals surface area contributed by atoms with Crippen LogP contribution in [-0.4, -0.2) is 37.3 Å². The molecule has 6 heterocycles. The van der Waals surface area contributed by atoms with Crippen molar-refractivity contribution in [1.29, 1.82) is 0 Å². The first-order chi connectivity index (χ1) is 30.1. The minimum atomic E-state index is 0.585. The first-order valence-corrected chi connectivity index (χ1v) is 20.4. The third-order valence-electron chi connectivity index (χ3n) is 12.6. The van der Waals surface area contributed by atoms with Crippen molar-refractivity contribution < 1.29 is 4.42 Å². The van der Waals surface area contributed by atoms with Crippen LogP contribution in [0.2, 0.25) is 0 Å². The highest BCUT2D eigenvalue weighted by Crippen LogP contribution is 2.36. The van der Waals surface area contributed by atoms with E-state index in [4.69, 9.17) is 19.4 Å². The Morgan fingerprint density at radius 2 is 0.869 bits per heavy atom. The quantitative estimate of drug-likeness (QED) is 0.178. The molecule has 0 unspecified atom stereocenters. The van der Waals surface area contributed by atoms with E-state index in [2.05, 4.69) is 175 Å². The number of benzene rings is 8. The van der Waals surface area contributed by atoms with Gasteiger partial charge in [0.15, 0.2) is 5.58 Å². The van der Waals surface area contributed by atoms with E-state index in [-0.39, 0.29) is 0 Å². The van der Waals surface area contributed by atoms with E-state index in [1.54, 1.807) is 0 Å². The molecule has 8 aromatic carbocycles. The van der Waals surface area contributed by atoms with Crippen LogP contribution in [0.25, 0.3) is 123 Å². The normalized spacial score (nSPS) is 12.3. The molecule has 0 bridgehead atoms. The molecule has 0 aliphatic rings. The summed E-state index contributed by atoms with van der Waals surface area (Å²) >= 11 is 0. The molecule has 0 aliphatic heterocycles. The fourth-order valence-corrected chi connectivity index (χ4v) is 9.60. The van der Waals surface area contributed by atoms with Gasteiger partial charge in [0.05, 0.1) is 66.4 Å². The number of aryl methyl sites for hydroxylation is 1. The molecule has 14 rings (SSSR count). The van der Waals surface area contributed by atoms with Crippen molar-refractivity contribution >= 4 is 83.7 Å². The molecule has 0 saturated heterocycles. The predicted molar refractivity (Wildman–Crippen MR) is 245 cm³/mol. The van der Waals surface area contributed by atoms with Crippen LogP contribution < -0.4 is 0 Å². The second kappa shape index (κ2) is 11.8. The van der Waals surface area contributed by atoms with Crippen LogP contribution in [-0.2, 0) is 7.05 Å². The van der Waals surface area contributed by atoms with E-state index in [1.807, 2.05) is 30.3 Å². The molecule has 61 heavy (non-hydrogen) atoms. The molecule has 14 aromatic rings. The number of fused-ring (bicyclic) bond motifs is 15. The summed E-state index contributed by atoms with van der Waals surface area (Å²) < 4.78 is 17.2. The number of imidazole rings is 5. The number of hydrogen-bond donors (Lipinski definition) is 0. The second-order valence-corrected chi connectivity index (χ2v) is 15.9. The van der Waals surface area contributed by atoms with Gasteiger partial charge in [-0.1, -0.05) is 97.1 Å². The van der Waals surface area contributed by atoms with E-state index >= 15 is 0 Å². The van der Waals surface area contributed by atoms with Crippen LogP contribution in [0, 0.1) is 0 Å². The number of oxazole rings is 1. The SMILES string of the molecule is Cn1c2ccc(-c3ccc(-c4ccc(-c5ccc6c(c5)n5c7ccccc7nc5n6-c5ccc6nc7oc8ccccc8n7c6c5)cc4)cc3)cc2n2c3ccccc3nc12. The second-order valence-electron chi connectivity index (χ2n) is 15.9. The highest BCUT2D eigenvalue weighted by atomic mass is 16.4. The van der Waals surface area contributed by atoms with Gasteiger partial charge in [-0.2, -0.15) is 4.98 Å². The van der Waals surface area contributed by atoms with Gasteiger partial charge in [-0.05, 0) is 112 Å². The Bertz CT molecular complexity index is 4120. The van der Waals surface area contributed by atoms with Gasteiger partial charge in [0, 0.05) is 7.05 Å². The lowest BCUT2D eigenvalue weighted by Crippen LogP contribution is -1.95. The summed E-state index contributed by atoms with van der Waals surface area (Å²) in [7, 11) is 2.09. The molecule has 0 radical (unpaired) electrons. The maximum Gasteiger partial charge on any atom is 0.307 e. The monoisotopic (exact) mass is 784 g/mol. The summed E-state index contributed by atoms with van der Waals surface area (Å²) in [6.07, 6.45) is 0. The standard InChI is InChI=1S/C52H32N8O/c1-56-43-26-22-35(28-47(43)58-41-10-4-2-8-38(41)53-50(56)58)33-18-14-31(15-19-33)32-16-20-34(21-17-32)36-23-27-44-48(29-36)59-42-11-5-3-9-39(42)54-51(59)57(44)37-24-25-40-46(30-37)60-45-12-6-7-13-49(45)61-52(60)55-40/h2-30H,1H3. The summed E-state index contributed by atoms with van der Waals surface area (Å²) in [6.45, 7) is 0. The smallest absolute Gasteiger partial charge is 0.307 e. The average molecular weight is 785 g/mol. The summed E-state index contributed by atoms with van der Waals surface area (Å²) in [4.78, 5) is 14.9. The third kappa shape index (κ3) is 4.51. The van der Waals surface area contributed by atoms with Crippen molar-refractivity contribution in [1.82, 2.24) is 37.3 Å². The lowest BCUT2D eigenvalue weighted by Gasteiger charge is -2.09.